The third kappa shape index (κ3) is 6.32. The number of benzene rings is 7. The number of nitrogens with zero attached hydrogens (tertiary/aromatic N) is 5. The smallest absolute Gasteiger partial charge is 0.159 e. The molecule has 3 heterocycles. The molecule has 2 atom stereocenters. The van der Waals surface area contributed by atoms with Crippen molar-refractivity contribution in [3.63, 3.8) is 0 Å². The topological polar surface area (TPSA) is 67.5 Å². The molecule has 6 heteroatoms. The molecule has 9 aromatic rings. The number of pyridine rings is 1. The molecule has 2 aliphatic rings. The minimum atomic E-state index is -0.261. The Balaban J connectivity index is 0.942. The van der Waals surface area contributed by atoms with Crippen molar-refractivity contribution in [2.75, 3.05) is 0 Å². The first-order valence-electron chi connectivity index (χ1n) is 20.1. The standard InChI is InChI=1S/C53H38N6/c1-4-13-35(14-5-1)36-22-26-40(27-23-36)51-56-50(39-15-6-2-7-16-39)57-52(58-51)41-28-24-37(25-29-41)38-30-32-43(33-31-38)59-49-46-21-12-34-54-47(46)44-19-10-11-20-45(44)48(49)55-53(59)42-17-8-3-9-18-42/h1-13,15-35,50H,14H2,(H,56,57,58). The van der Waals surface area contributed by atoms with Crippen LogP contribution in [-0.4, -0.2) is 26.2 Å². The summed E-state index contributed by atoms with van der Waals surface area (Å²) in [5.74, 6) is 2.80. The monoisotopic (exact) mass is 758 g/mol. The van der Waals surface area contributed by atoms with E-state index >= 15 is 0 Å². The summed E-state index contributed by atoms with van der Waals surface area (Å²) < 4.78 is 2.29. The highest BCUT2D eigenvalue weighted by molar-refractivity contribution is 6.23. The molecule has 0 spiro atoms. The zero-order valence-electron chi connectivity index (χ0n) is 32.2. The Bertz CT molecular complexity index is 3120. The number of rotatable bonds is 7. The van der Waals surface area contributed by atoms with Gasteiger partial charge in [0.1, 0.15) is 17.8 Å². The largest absolute Gasteiger partial charge is 0.344 e. The lowest BCUT2D eigenvalue weighted by molar-refractivity contribution is 0.674. The second kappa shape index (κ2) is 14.7. The summed E-state index contributed by atoms with van der Waals surface area (Å²) >= 11 is 0. The van der Waals surface area contributed by atoms with Crippen molar-refractivity contribution < 1.29 is 0 Å². The highest BCUT2D eigenvalue weighted by Crippen LogP contribution is 2.39. The number of aliphatic imine (C=N–C) groups is 2. The van der Waals surface area contributed by atoms with Crippen LogP contribution < -0.4 is 5.32 Å². The quantitative estimate of drug-likeness (QED) is 0.165. The van der Waals surface area contributed by atoms with Gasteiger partial charge in [-0.3, -0.25) is 9.55 Å². The molecule has 0 saturated heterocycles. The average molecular weight is 759 g/mol. The summed E-state index contributed by atoms with van der Waals surface area (Å²) in [6.45, 7) is 0. The average Bonchev–Trinajstić information content (AvgIpc) is 3.74. The number of hydrogen-bond donors (Lipinski definition) is 1. The van der Waals surface area contributed by atoms with Crippen LogP contribution in [0, 0.1) is 0 Å². The lowest BCUT2D eigenvalue weighted by atomic mass is 9.92. The van der Waals surface area contributed by atoms with Crippen molar-refractivity contribution in [2.45, 2.75) is 18.5 Å². The maximum atomic E-state index is 5.35. The van der Waals surface area contributed by atoms with Crippen molar-refractivity contribution >= 4 is 44.4 Å². The van der Waals surface area contributed by atoms with Crippen molar-refractivity contribution in [1.82, 2.24) is 19.9 Å². The van der Waals surface area contributed by atoms with E-state index in [-0.39, 0.29) is 6.17 Å². The van der Waals surface area contributed by atoms with Gasteiger partial charge in [0, 0.05) is 50.7 Å². The van der Waals surface area contributed by atoms with E-state index in [9.17, 15) is 0 Å². The molecule has 1 N–H and O–H groups in total. The number of fused-ring (bicyclic) bond motifs is 6. The maximum absolute atomic E-state index is 5.35. The summed E-state index contributed by atoms with van der Waals surface area (Å²) in [4.78, 5) is 20.4. The van der Waals surface area contributed by atoms with Crippen LogP contribution in [0.25, 0.3) is 60.9 Å². The van der Waals surface area contributed by atoms with Gasteiger partial charge in [-0.2, -0.15) is 0 Å². The van der Waals surface area contributed by atoms with Gasteiger partial charge < -0.3 is 5.32 Å². The van der Waals surface area contributed by atoms with E-state index in [4.69, 9.17) is 20.0 Å². The summed E-state index contributed by atoms with van der Waals surface area (Å²) in [5, 5.41) is 6.89. The summed E-state index contributed by atoms with van der Waals surface area (Å²) in [6, 6.07) is 59.5. The van der Waals surface area contributed by atoms with Crippen LogP contribution in [-0.2, 0) is 0 Å². The normalized spacial score (nSPS) is 16.3. The molecule has 6 nitrogen and oxygen atoms in total. The van der Waals surface area contributed by atoms with Crippen LogP contribution in [0.15, 0.2) is 210 Å². The minimum absolute atomic E-state index is 0.261. The van der Waals surface area contributed by atoms with Crippen molar-refractivity contribution in [3.05, 3.63) is 223 Å². The lowest BCUT2D eigenvalue weighted by Crippen LogP contribution is -2.33. The molecular weight excluding hydrogens is 721 g/mol. The summed E-state index contributed by atoms with van der Waals surface area (Å²) in [5.41, 5.74) is 11.7. The minimum Gasteiger partial charge on any atom is -0.344 e. The van der Waals surface area contributed by atoms with E-state index in [1.807, 2.05) is 24.4 Å². The molecule has 2 unspecified atom stereocenters. The maximum Gasteiger partial charge on any atom is 0.159 e. The molecule has 0 bridgehead atoms. The van der Waals surface area contributed by atoms with Crippen molar-refractivity contribution in [3.8, 4) is 28.2 Å². The molecular formula is C53H38N6. The van der Waals surface area contributed by atoms with Crippen LogP contribution in [0.2, 0.25) is 0 Å². The third-order valence-electron chi connectivity index (χ3n) is 11.5. The van der Waals surface area contributed by atoms with Crippen LogP contribution in [0.4, 0.5) is 0 Å². The fourth-order valence-electron chi connectivity index (χ4n) is 8.46. The molecule has 0 saturated carbocycles. The zero-order chi connectivity index (χ0) is 39.1. The number of imidazole rings is 1. The van der Waals surface area contributed by atoms with Gasteiger partial charge >= 0.3 is 0 Å². The molecule has 2 aromatic heterocycles. The van der Waals surface area contributed by atoms with Crippen molar-refractivity contribution in [2.24, 2.45) is 9.98 Å². The molecule has 1 aliphatic heterocycles. The van der Waals surface area contributed by atoms with Crippen LogP contribution >= 0.6 is 0 Å². The Labute approximate surface area is 342 Å². The number of aromatic nitrogens is 3. The van der Waals surface area contributed by atoms with Gasteiger partial charge in [-0.05, 0) is 52.9 Å². The molecule has 0 radical (unpaired) electrons. The SMILES string of the molecule is C1=CCC(c2ccc(C3=NC(c4ccccc4)NC(c4ccc(-c5ccc(-n6c(-c7ccccc7)nc7c8ccccc8c8ncccc8c76)cc5)cc4)=N3)cc2)C=C1. The first-order valence-corrected chi connectivity index (χ1v) is 20.1. The van der Waals surface area contributed by atoms with Gasteiger partial charge in [0.05, 0.1) is 16.6 Å². The number of nitrogens with one attached hydrogen (secondary N) is 1. The van der Waals surface area contributed by atoms with E-state index in [0.717, 1.165) is 95.7 Å². The number of allylic oxidation sites excluding steroid dienone is 4. The predicted molar refractivity (Wildman–Crippen MR) is 242 cm³/mol. The number of hydrogen-bond acceptors (Lipinski definition) is 5. The Morgan fingerprint density at radius 1 is 0.525 bits per heavy atom. The molecule has 11 rings (SSSR count). The predicted octanol–water partition coefficient (Wildman–Crippen LogP) is 12.2. The van der Waals surface area contributed by atoms with E-state index in [1.54, 1.807) is 0 Å². The second-order valence-corrected chi connectivity index (χ2v) is 15.1. The molecule has 59 heavy (non-hydrogen) atoms. The van der Waals surface area contributed by atoms with Gasteiger partial charge in [0.2, 0.25) is 0 Å². The zero-order valence-corrected chi connectivity index (χ0v) is 32.2. The molecule has 1 aliphatic carbocycles. The van der Waals surface area contributed by atoms with Gasteiger partial charge in [-0.15, -0.1) is 0 Å². The Morgan fingerprint density at radius 3 is 1.90 bits per heavy atom. The molecule has 7 aromatic carbocycles. The van der Waals surface area contributed by atoms with Crippen molar-refractivity contribution in [1.29, 1.82) is 0 Å². The summed E-state index contributed by atoms with van der Waals surface area (Å²) in [7, 11) is 0. The summed E-state index contributed by atoms with van der Waals surface area (Å²) in [6.07, 6.45) is 11.4. The van der Waals surface area contributed by atoms with Gasteiger partial charge in [-0.1, -0.05) is 170 Å². The van der Waals surface area contributed by atoms with Gasteiger partial charge in [-0.25, -0.2) is 15.0 Å². The first kappa shape index (κ1) is 34.5. The van der Waals surface area contributed by atoms with E-state index in [1.165, 1.54) is 5.56 Å². The highest BCUT2D eigenvalue weighted by Gasteiger charge is 2.23. The molecule has 0 fully saturated rings. The lowest BCUT2D eigenvalue weighted by Gasteiger charge is -2.24. The van der Waals surface area contributed by atoms with E-state index < -0.39 is 0 Å². The van der Waals surface area contributed by atoms with E-state index in [0.29, 0.717) is 5.92 Å². The number of amidine groups is 2. The second-order valence-electron chi connectivity index (χ2n) is 15.1. The Kier molecular flexibility index (Phi) is 8.59. The Hall–Kier alpha value is -7.70. The fraction of sp³-hybridized carbons (Fsp3) is 0.0566. The van der Waals surface area contributed by atoms with Gasteiger partial charge in [0.25, 0.3) is 0 Å². The van der Waals surface area contributed by atoms with E-state index in [2.05, 4.69) is 186 Å². The van der Waals surface area contributed by atoms with Crippen LogP contribution in [0.5, 0.6) is 0 Å². The fourth-order valence-corrected chi connectivity index (χ4v) is 8.46. The molecule has 0 amide bonds. The van der Waals surface area contributed by atoms with Crippen LogP contribution in [0.3, 0.4) is 0 Å². The van der Waals surface area contributed by atoms with Gasteiger partial charge in [0.15, 0.2) is 5.84 Å². The van der Waals surface area contributed by atoms with Crippen LogP contribution in [0.1, 0.15) is 40.8 Å². The third-order valence-corrected chi connectivity index (χ3v) is 11.5. The first-order chi connectivity index (χ1) is 29.2. The molecule has 280 valence electrons. The highest BCUT2D eigenvalue weighted by atomic mass is 15.2. The Morgan fingerprint density at radius 2 is 1.17 bits per heavy atom.